The third kappa shape index (κ3) is 4.86. The molecule has 0 spiro atoms. The standard InChI is InChI=1S/C38H24N4S/c1-4-10-26(11-5-1)35-40-36(27-12-6-2-7-13-27)42-37(41-35)28-18-16-25(17-19-28)30-20-22-32-31(24-30)21-23-33-34(32)39-38(43-33)29-14-8-3-9-15-29/h1-24H. The molecule has 0 saturated carbocycles. The molecule has 0 bridgehead atoms. The Bertz CT molecular complexity index is 2150. The Morgan fingerprint density at radius 1 is 0.372 bits per heavy atom. The van der Waals surface area contributed by atoms with E-state index in [0.717, 1.165) is 43.9 Å². The summed E-state index contributed by atoms with van der Waals surface area (Å²) in [5, 5.41) is 3.40. The van der Waals surface area contributed by atoms with Gasteiger partial charge in [-0.2, -0.15) is 0 Å². The van der Waals surface area contributed by atoms with Crippen LogP contribution >= 0.6 is 11.3 Å². The first kappa shape index (κ1) is 25.2. The maximum atomic E-state index is 5.02. The van der Waals surface area contributed by atoms with Gasteiger partial charge in [0.1, 0.15) is 5.01 Å². The first-order chi connectivity index (χ1) is 21.3. The Morgan fingerprint density at radius 3 is 1.44 bits per heavy atom. The zero-order chi connectivity index (χ0) is 28.6. The number of nitrogens with zero attached hydrogens (tertiary/aromatic N) is 4. The lowest BCUT2D eigenvalue weighted by Crippen LogP contribution is -2.00. The van der Waals surface area contributed by atoms with Gasteiger partial charge in [0.05, 0.1) is 10.2 Å². The lowest BCUT2D eigenvalue weighted by molar-refractivity contribution is 1.07. The molecule has 8 rings (SSSR count). The van der Waals surface area contributed by atoms with E-state index in [9.17, 15) is 0 Å². The van der Waals surface area contributed by atoms with Crippen molar-refractivity contribution in [2.45, 2.75) is 0 Å². The number of rotatable bonds is 5. The van der Waals surface area contributed by atoms with Crippen LogP contribution in [0.3, 0.4) is 0 Å². The van der Waals surface area contributed by atoms with Gasteiger partial charge >= 0.3 is 0 Å². The van der Waals surface area contributed by atoms with Gasteiger partial charge < -0.3 is 0 Å². The van der Waals surface area contributed by atoms with E-state index in [2.05, 4.69) is 78.9 Å². The van der Waals surface area contributed by atoms with E-state index in [1.54, 1.807) is 11.3 Å². The first-order valence-electron chi connectivity index (χ1n) is 14.1. The number of thiazole rings is 1. The molecule has 0 aliphatic heterocycles. The maximum absolute atomic E-state index is 5.02. The maximum Gasteiger partial charge on any atom is 0.164 e. The minimum absolute atomic E-state index is 0.651. The highest BCUT2D eigenvalue weighted by Crippen LogP contribution is 2.36. The summed E-state index contributed by atoms with van der Waals surface area (Å²) in [5.74, 6) is 1.97. The zero-order valence-electron chi connectivity index (χ0n) is 23.1. The highest BCUT2D eigenvalue weighted by atomic mass is 32.1. The number of benzene rings is 6. The van der Waals surface area contributed by atoms with Crippen molar-refractivity contribution in [3.05, 3.63) is 146 Å². The van der Waals surface area contributed by atoms with Gasteiger partial charge in [-0.05, 0) is 28.6 Å². The number of fused-ring (bicyclic) bond motifs is 3. The van der Waals surface area contributed by atoms with Gasteiger partial charge in [-0.3, -0.25) is 0 Å². The third-order valence-electron chi connectivity index (χ3n) is 7.57. The number of aromatic nitrogens is 4. The fraction of sp³-hybridized carbons (Fsp3) is 0. The molecule has 0 aliphatic carbocycles. The smallest absolute Gasteiger partial charge is 0.164 e. The summed E-state index contributed by atoms with van der Waals surface area (Å²) in [6.07, 6.45) is 0. The van der Waals surface area contributed by atoms with Crippen molar-refractivity contribution in [1.29, 1.82) is 0 Å². The summed E-state index contributed by atoms with van der Waals surface area (Å²) in [6, 6.07) is 49.9. The van der Waals surface area contributed by atoms with Crippen LogP contribution in [0.5, 0.6) is 0 Å². The molecule has 4 nitrogen and oxygen atoms in total. The van der Waals surface area contributed by atoms with Gasteiger partial charge in [0.25, 0.3) is 0 Å². The van der Waals surface area contributed by atoms with Gasteiger partial charge in [0.15, 0.2) is 17.5 Å². The number of hydrogen-bond donors (Lipinski definition) is 0. The van der Waals surface area contributed by atoms with E-state index < -0.39 is 0 Å². The molecule has 0 atom stereocenters. The molecule has 2 aromatic heterocycles. The normalized spacial score (nSPS) is 11.3. The van der Waals surface area contributed by atoms with Crippen LogP contribution in [0.15, 0.2) is 146 Å². The summed E-state index contributed by atoms with van der Waals surface area (Å²) in [4.78, 5) is 19.6. The van der Waals surface area contributed by atoms with E-state index in [0.29, 0.717) is 17.5 Å². The SMILES string of the molecule is c1ccc(-c2nc(-c3ccccc3)nc(-c3ccc(-c4ccc5c(ccc6sc(-c7ccccc7)nc65)c4)cc3)n2)cc1. The van der Waals surface area contributed by atoms with Gasteiger partial charge in [-0.1, -0.05) is 133 Å². The summed E-state index contributed by atoms with van der Waals surface area (Å²) < 4.78 is 1.20. The molecule has 2 heterocycles. The molecule has 43 heavy (non-hydrogen) atoms. The van der Waals surface area contributed by atoms with Gasteiger partial charge in [0.2, 0.25) is 0 Å². The molecule has 0 saturated heterocycles. The van der Waals surface area contributed by atoms with Crippen LogP contribution in [0.2, 0.25) is 0 Å². The molecular formula is C38H24N4S. The Hall–Kier alpha value is -5.52. The molecular weight excluding hydrogens is 545 g/mol. The van der Waals surface area contributed by atoms with Crippen molar-refractivity contribution >= 4 is 32.3 Å². The molecule has 0 aliphatic rings. The van der Waals surface area contributed by atoms with Gasteiger partial charge in [-0.15, -0.1) is 11.3 Å². The predicted octanol–water partition coefficient (Wildman–Crippen LogP) is 9.97. The van der Waals surface area contributed by atoms with Crippen molar-refractivity contribution in [2.75, 3.05) is 0 Å². The summed E-state index contributed by atoms with van der Waals surface area (Å²) in [6.45, 7) is 0. The van der Waals surface area contributed by atoms with E-state index >= 15 is 0 Å². The highest BCUT2D eigenvalue weighted by molar-refractivity contribution is 7.21. The molecule has 5 heteroatoms. The lowest BCUT2D eigenvalue weighted by Gasteiger charge is -2.09. The molecule has 0 unspecified atom stereocenters. The average molecular weight is 569 g/mol. The van der Waals surface area contributed by atoms with Crippen molar-refractivity contribution in [3.63, 3.8) is 0 Å². The van der Waals surface area contributed by atoms with Crippen LogP contribution < -0.4 is 0 Å². The minimum Gasteiger partial charge on any atom is -0.235 e. The largest absolute Gasteiger partial charge is 0.235 e. The Labute approximate surface area is 253 Å². The van der Waals surface area contributed by atoms with Crippen LogP contribution in [-0.4, -0.2) is 19.9 Å². The second kappa shape index (κ2) is 10.7. The molecule has 8 aromatic rings. The van der Waals surface area contributed by atoms with Crippen molar-refractivity contribution in [2.24, 2.45) is 0 Å². The Balaban J connectivity index is 1.15. The molecule has 202 valence electrons. The van der Waals surface area contributed by atoms with Crippen LogP contribution in [0.1, 0.15) is 0 Å². The quantitative estimate of drug-likeness (QED) is 0.207. The first-order valence-corrected chi connectivity index (χ1v) is 15.0. The summed E-state index contributed by atoms with van der Waals surface area (Å²) in [5.41, 5.74) is 7.36. The average Bonchev–Trinajstić information content (AvgIpc) is 3.54. The van der Waals surface area contributed by atoms with Crippen LogP contribution in [-0.2, 0) is 0 Å². The Kier molecular flexibility index (Phi) is 6.28. The van der Waals surface area contributed by atoms with Crippen LogP contribution in [0.4, 0.5) is 0 Å². The fourth-order valence-corrected chi connectivity index (χ4v) is 6.34. The van der Waals surface area contributed by atoms with Crippen LogP contribution in [0, 0.1) is 0 Å². The molecule has 0 N–H and O–H groups in total. The van der Waals surface area contributed by atoms with Crippen molar-refractivity contribution in [3.8, 4) is 55.9 Å². The topological polar surface area (TPSA) is 51.6 Å². The fourth-order valence-electron chi connectivity index (χ4n) is 5.35. The second-order valence-corrected chi connectivity index (χ2v) is 11.4. The summed E-state index contributed by atoms with van der Waals surface area (Å²) in [7, 11) is 0. The van der Waals surface area contributed by atoms with Gasteiger partial charge in [-0.25, -0.2) is 19.9 Å². The van der Waals surface area contributed by atoms with E-state index in [1.807, 2.05) is 66.7 Å². The van der Waals surface area contributed by atoms with Crippen LogP contribution in [0.25, 0.3) is 76.9 Å². The highest BCUT2D eigenvalue weighted by Gasteiger charge is 2.13. The lowest BCUT2D eigenvalue weighted by atomic mass is 9.99. The van der Waals surface area contributed by atoms with E-state index in [1.165, 1.54) is 15.5 Å². The number of hydrogen-bond acceptors (Lipinski definition) is 5. The van der Waals surface area contributed by atoms with E-state index in [4.69, 9.17) is 19.9 Å². The second-order valence-electron chi connectivity index (χ2n) is 10.3. The molecule has 0 fully saturated rings. The molecule has 0 amide bonds. The van der Waals surface area contributed by atoms with Crippen molar-refractivity contribution < 1.29 is 0 Å². The third-order valence-corrected chi connectivity index (χ3v) is 8.64. The minimum atomic E-state index is 0.651. The monoisotopic (exact) mass is 568 g/mol. The molecule has 6 aromatic carbocycles. The van der Waals surface area contributed by atoms with E-state index in [-0.39, 0.29) is 0 Å². The summed E-state index contributed by atoms with van der Waals surface area (Å²) >= 11 is 1.74. The molecule has 0 radical (unpaired) electrons. The van der Waals surface area contributed by atoms with Gasteiger partial charge in [0, 0.05) is 27.6 Å². The Morgan fingerprint density at radius 2 is 0.860 bits per heavy atom. The predicted molar refractivity (Wildman–Crippen MR) is 178 cm³/mol. The zero-order valence-corrected chi connectivity index (χ0v) is 23.9. The van der Waals surface area contributed by atoms with Crippen molar-refractivity contribution in [1.82, 2.24) is 19.9 Å².